The average Bonchev–Trinajstić information content (AvgIpc) is 2.45. The lowest BCUT2D eigenvalue weighted by Crippen LogP contribution is -2.10. The van der Waals surface area contributed by atoms with Crippen molar-refractivity contribution >= 4 is 0 Å². The molecule has 0 atom stereocenters. The molecule has 0 amide bonds. The third kappa shape index (κ3) is 3.81. The Labute approximate surface area is 119 Å². The monoisotopic (exact) mass is 280 g/mol. The highest BCUT2D eigenvalue weighted by Gasteiger charge is 2.15. The molecule has 1 nitrogen and oxygen atoms in total. The summed E-state index contributed by atoms with van der Waals surface area (Å²) >= 11 is 0. The molecule has 0 aliphatic heterocycles. The van der Waals surface area contributed by atoms with Gasteiger partial charge < -0.3 is 4.74 Å². The van der Waals surface area contributed by atoms with Gasteiger partial charge in [-0.25, -0.2) is 4.39 Å². The highest BCUT2D eigenvalue weighted by atomic mass is 19.2. The van der Waals surface area contributed by atoms with E-state index in [2.05, 4.69) is 13.0 Å². The van der Waals surface area contributed by atoms with Gasteiger partial charge in [0.2, 0.25) is 5.82 Å². The Bertz CT molecular complexity index is 474. The molecule has 0 unspecified atom stereocenters. The molecule has 1 aliphatic rings. The van der Waals surface area contributed by atoms with E-state index in [1.54, 1.807) is 0 Å². The zero-order valence-corrected chi connectivity index (χ0v) is 12.2. The van der Waals surface area contributed by atoms with Gasteiger partial charge in [-0.3, -0.25) is 0 Å². The molecular formula is C17H22F2O. The first-order chi connectivity index (χ1) is 9.58. The lowest BCUT2D eigenvalue weighted by atomic mass is 9.83. The van der Waals surface area contributed by atoms with Crippen LogP contribution in [0.3, 0.4) is 0 Å². The predicted octanol–water partition coefficient (Wildman–Crippen LogP) is 5.03. The van der Waals surface area contributed by atoms with E-state index in [-0.39, 0.29) is 12.4 Å². The van der Waals surface area contributed by atoms with E-state index in [1.165, 1.54) is 44.7 Å². The van der Waals surface area contributed by atoms with E-state index >= 15 is 0 Å². The number of hydrogen-bond acceptors (Lipinski definition) is 1. The first kappa shape index (κ1) is 15.0. The maximum absolute atomic E-state index is 13.6. The fourth-order valence-corrected chi connectivity index (χ4v) is 2.60. The van der Waals surface area contributed by atoms with Crippen molar-refractivity contribution in [2.75, 3.05) is 6.61 Å². The van der Waals surface area contributed by atoms with Gasteiger partial charge in [-0.15, -0.1) is 0 Å². The minimum Gasteiger partial charge on any atom is -0.486 e. The molecule has 0 aromatic heterocycles. The molecule has 1 aromatic carbocycles. The van der Waals surface area contributed by atoms with Crippen LogP contribution in [0.4, 0.5) is 8.78 Å². The Morgan fingerprint density at radius 3 is 2.55 bits per heavy atom. The summed E-state index contributed by atoms with van der Waals surface area (Å²) in [5.41, 5.74) is 0.293. The molecule has 0 radical (unpaired) electrons. The molecule has 1 aromatic rings. The van der Waals surface area contributed by atoms with Crippen LogP contribution in [0.25, 0.3) is 0 Å². The first-order valence-electron chi connectivity index (χ1n) is 7.32. The van der Waals surface area contributed by atoms with E-state index in [0.717, 1.165) is 5.92 Å². The van der Waals surface area contributed by atoms with Crippen molar-refractivity contribution in [2.45, 2.75) is 39.5 Å². The summed E-state index contributed by atoms with van der Waals surface area (Å²) < 4.78 is 32.2. The van der Waals surface area contributed by atoms with Crippen molar-refractivity contribution in [3.8, 4) is 5.75 Å². The molecule has 110 valence electrons. The van der Waals surface area contributed by atoms with Crippen LogP contribution in [0.2, 0.25) is 0 Å². The van der Waals surface area contributed by atoms with Crippen molar-refractivity contribution in [1.82, 2.24) is 0 Å². The second kappa shape index (κ2) is 6.87. The Balaban J connectivity index is 1.82. The van der Waals surface area contributed by atoms with Crippen molar-refractivity contribution in [2.24, 2.45) is 11.8 Å². The standard InChI is InChI=1S/C17H22F2O/c1-12-5-8-14(9-6-12)4-3-11-20-15-10-7-13(2)16(18)17(15)19/h3-4,7,10,12,14H,5-6,8-9,11H2,1-2H3/b4-3+. The van der Waals surface area contributed by atoms with Crippen LogP contribution in [0.1, 0.15) is 38.2 Å². The number of aryl methyl sites for hydroxylation is 1. The number of halogens is 2. The molecule has 0 bridgehead atoms. The predicted molar refractivity (Wildman–Crippen MR) is 76.9 cm³/mol. The third-order valence-electron chi connectivity index (χ3n) is 4.04. The smallest absolute Gasteiger partial charge is 0.200 e. The Morgan fingerprint density at radius 2 is 1.85 bits per heavy atom. The van der Waals surface area contributed by atoms with Crippen molar-refractivity contribution in [3.05, 3.63) is 41.5 Å². The number of benzene rings is 1. The molecule has 0 saturated heterocycles. The highest BCUT2D eigenvalue weighted by Crippen LogP contribution is 2.29. The van der Waals surface area contributed by atoms with E-state index in [0.29, 0.717) is 11.5 Å². The summed E-state index contributed by atoms with van der Waals surface area (Å²) in [6, 6.07) is 3.00. The Kier molecular flexibility index (Phi) is 5.16. The lowest BCUT2D eigenvalue weighted by molar-refractivity contribution is 0.320. The van der Waals surface area contributed by atoms with Crippen LogP contribution in [0.5, 0.6) is 5.75 Å². The zero-order valence-electron chi connectivity index (χ0n) is 12.2. The Hall–Kier alpha value is -1.38. The minimum atomic E-state index is -0.898. The molecule has 1 fully saturated rings. The molecule has 0 spiro atoms. The maximum atomic E-state index is 13.6. The number of rotatable bonds is 4. The maximum Gasteiger partial charge on any atom is 0.200 e. The topological polar surface area (TPSA) is 9.23 Å². The zero-order chi connectivity index (χ0) is 14.5. The van der Waals surface area contributed by atoms with E-state index in [1.807, 2.05) is 6.08 Å². The molecule has 1 aliphatic carbocycles. The quantitative estimate of drug-likeness (QED) is 0.702. The van der Waals surface area contributed by atoms with Crippen LogP contribution in [0, 0.1) is 30.4 Å². The fourth-order valence-electron chi connectivity index (χ4n) is 2.60. The van der Waals surface area contributed by atoms with Crippen LogP contribution >= 0.6 is 0 Å². The molecule has 3 heteroatoms. The van der Waals surface area contributed by atoms with Gasteiger partial charge in [0.15, 0.2) is 11.6 Å². The summed E-state index contributed by atoms with van der Waals surface area (Å²) in [5.74, 6) is -0.303. The number of hydrogen-bond donors (Lipinski definition) is 0. The van der Waals surface area contributed by atoms with Gasteiger partial charge in [-0.05, 0) is 43.2 Å². The largest absolute Gasteiger partial charge is 0.486 e. The summed E-state index contributed by atoms with van der Waals surface area (Å²) in [7, 11) is 0. The van der Waals surface area contributed by atoms with Gasteiger partial charge in [0, 0.05) is 0 Å². The fraction of sp³-hybridized carbons (Fsp3) is 0.529. The second-order valence-corrected chi connectivity index (χ2v) is 5.77. The van der Waals surface area contributed by atoms with Crippen molar-refractivity contribution in [3.63, 3.8) is 0 Å². The van der Waals surface area contributed by atoms with E-state index in [9.17, 15) is 8.78 Å². The van der Waals surface area contributed by atoms with Crippen LogP contribution in [-0.2, 0) is 0 Å². The molecular weight excluding hydrogens is 258 g/mol. The lowest BCUT2D eigenvalue weighted by Gasteiger charge is -2.23. The van der Waals surface area contributed by atoms with Gasteiger partial charge in [0.25, 0.3) is 0 Å². The molecule has 2 rings (SSSR count). The normalized spacial score (nSPS) is 23.2. The number of ether oxygens (including phenoxy) is 1. The van der Waals surface area contributed by atoms with Crippen LogP contribution in [0.15, 0.2) is 24.3 Å². The molecule has 1 saturated carbocycles. The van der Waals surface area contributed by atoms with Gasteiger partial charge in [0.05, 0.1) is 0 Å². The third-order valence-corrected chi connectivity index (χ3v) is 4.04. The highest BCUT2D eigenvalue weighted by molar-refractivity contribution is 5.30. The van der Waals surface area contributed by atoms with Crippen LogP contribution in [-0.4, -0.2) is 6.61 Å². The summed E-state index contributed by atoms with van der Waals surface area (Å²) in [4.78, 5) is 0. The molecule has 20 heavy (non-hydrogen) atoms. The first-order valence-corrected chi connectivity index (χ1v) is 7.32. The van der Waals surface area contributed by atoms with Gasteiger partial charge in [-0.2, -0.15) is 4.39 Å². The van der Waals surface area contributed by atoms with Crippen molar-refractivity contribution in [1.29, 1.82) is 0 Å². The second-order valence-electron chi connectivity index (χ2n) is 5.77. The van der Waals surface area contributed by atoms with Crippen LogP contribution < -0.4 is 4.74 Å². The Morgan fingerprint density at radius 1 is 1.15 bits per heavy atom. The van der Waals surface area contributed by atoms with E-state index < -0.39 is 11.6 Å². The summed E-state index contributed by atoms with van der Waals surface area (Å²) in [5, 5.41) is 0. The van der Waals surface area contributed by atoms with E-state index in [4.69, 9.17) is 4.74 Å². The summed E-state index contributed by atoms with van der Waals surface area (Å²) in [6.45, 7) is 4.11. The van der Waals surface area contributed by atoms with Crippen molar-refractivity contribution < 1.29 is 13.5 Å². The number of allylic oxidation sites excluding steroid dienone is 1. The van der Waals surface area contributed by atoms with Gasteiger partial charge >= 0.3 is 0 Å². The molecule has 0 N–H and O–H groups in total. The average molecular weight is 280 g/mol. The molecule has 0 heterocycles. The minimum absolute atomic E-state index is 0.0185. The summed E-state index contributed by atoms with van der Waals surface area (Å²) in [6.07, 6.45) is 9.03. The SMILES string of the molecule is Cc1ccc(OC/C=C/C2CCC(C)CC2)c(F)c1F. The van der Waals surface area contributed by atoms with Gasteiger partial charge in [-0.1, -0.05) is 38.0 Å². The van der Waals surface area contributed by atoms with Gasteiger partial charge in [0.1, 0.15) is 6.61 Å².